The van der Waals surface area contributed by atoms with Crippen LogP contribution in [0.15, 0.2) is 83.8 Å². The Morgan fingerprint density at radius 2 is 1.70 bits per heavy atom. The van der Waals surface area contributed by atoms with Gasteiger partial charge in [-0.3, -0.25) is 9.69 Å². The van der Waals surface area contributed by atoms with Crippen molar-refractivity contribution in [3.63, 3.8) is 0 Å². The lowest BCUT2D eigenvalue weighted by molar-refractivity contribution is -0.122. The van der Waals surface area contributed by atoms with Crippen molar-refractivity contribution >= 4 is 51.9 Å². The predicted molar refractivity (Wildman–Crippen MR) is 139 cm³/mol. The number of halogens is 1. The first-order valence-corrected chi connectivity index (χ1v) is 12.1. The number of carbonyl (C=O) groups excluding carboxylic acids is 1. The lowest BCUT2D eigenvalue weighted by Gasteiger charge is -2.14. The minimum absolute atomic E-state index is 0.0723. The summed E-state index contributed by atoms with van der Waals surface area (Å²) in [6, 6.07) is 24.9. The van der Waals surface area contributed by atoms with Gasteiger partial charge in [0.05, 0.1) is 29.7 Å². The van der Waals surface area contributed by atoms with Gasteiger partial charge in [0.1, 0.15) is 15.8 Å². The predicted octanol–water partition coefficient (Wildman–Crippen LogP) is 6.59. The van der Waals surface area contributed by atoms with Crippen molar-refractivity contribution in [3.05, 3.63) is 99.9 Å². The summed E-state index contributed by atoms with van der Waals surface area (Å²) in [5, 5.41) is 0.598. The van der Waals surface area contributed by atoms with Gasteiger partial charge in [0.15, 0.2) is 0 Å². The molecule has 0 radical (unpaired) electrons. The molecule has 4 nitrogen and oxygen atoms in total. The fourth-order valence-corrected chi connectivity index (χ4v) is 4.69. The minimum atomic E-state index is -0.0723. The summed E-state index contributed by atoms with van der Waals surface area (Å²) < 4.78 is 12.1. The summed E-state index contributed by atoms with van der Waals surface area (Å²) in [6.45, 7) is 1.49. The quantitative estimate of drug-likeness (QED) is 0.190. The number of benzene rings is 3. The van der Waals surface area contributed by atoms with E-state index in [1.165, 1.54) is 11.8 Å². The maximum atomic E-state index is 12.9. The molecule has 3 aromatic carbocycles. The van der Waals surface area contributed by atoms with E-state index in [1.807, 2.05) is 78.9 Å². The number of ether oxygens (including phenoxy) is 2. The Balaban J connectivity index is 1.31. The smallest absolute Gasteiger partial charge is 0.266 e. The Morgan fingerprint density at radius 1 is 0.939 bits per heavy atom. The van der Waals surface area contributed by atoms with E-state index in [0.717, 1.165) is 16.9 Å². The average molecular weight is 496 g/mol. The molecule has 4 rings (SSSR count). The molecule has 0 aliphatic carbocycles. The monoisotopic (exact) mass is 495 g/mol. The highest BCUT2D eigenvalue weighted by Gasteiger charge is 2.31. The Bertz CT molecular complexity index is 1170. The molecule has 1 amide bonds. The summed E-state index contributed by atoms with van der Waals surface area (Å²) in [4.78, 5) is 15.1. The average Bonchev–Trinajstić information content (AvgIpc) is 3.08. The van der Waals surface area contributed by atoms with Gasteiger partial charge < -0.3 is 9.47 Å². The number of hydrogen-bond acceptors (Lipinski definition) is 5. The van der Waals surface area contributed by atoms with Gasteiger partial charge in [-0.1, -0.05) is 90.2 Å². The normalized spacial score (nSPS) is 14.7. The van der Waals surface area contributed by atoms with Crippen LogP contribution in [0.5, 0.6) is 11.5 Å². The fraction of sp³-hybridized carbons (Fsp3) is 0.154. The van der Waals surface area contributed by atoms with Crippen LogP contribution in [0, 0.1) is 0 Å². The van der Waals surface area contributed by atoms with E-state index in [-0.39, 0.29) is 5.91 Å². The summed E-state index contributed by atoms with van der Waals surface area (Å²) in [6.07, 6.45) is 2.57. The maximum Gasteiger partial charge on any atom is 0.266 e. The number of carbonyl (C=O) groups is 1. The minimum Gasteiger partial charge on any atom is -0.493 e. The van der Waals surface area contributed by atoms with Crippen LogP contribution in [0.1, 0.15) is 17.5 Å². The van der Waals surface area contributed by atoms with Gasteiger partial charge in [0, 0.05) is 6.42 Å². The van der Waals surface area contributed by atoms with E-state index in [9.17, 15) is 4.79 Å². The van der Waals surface area contributed by atoms with Crippen molar-refractivity contribution in [2.24, 2.45) is 0 Å². The molecule has 0 unspecified atom stereocenters. The third-order valence-corrected chi connectivity index (χ3v) is 6.55. The van der Waals surface area contributed by atoms with Gasteiger partial charge in [-0.15, -0.1) is 0 Å². The van der Waals surface area contributed by atoms with E-state index >= 15 is 0 Å². The van der Waals surface area contributed by atoms with Gasteiger partial charge in [-0.05, 0) is 41.5 Å². The lowest BCUT2D eigenvalue weighted by atomic mass is 10.2. The van der Waals surface area contributed by atoms with Crippen molar-refractivity contribution < 1.29 is 14.3 Å². The first kappa shape index (κ1) is 23.4. The van der Waals surface area contributed by atoms with Crippen molar-refractivity contribution in [2.45, 2.75) is 13.0 Å². The zero-order chi connectivity index (χ0) is 23.0. The van der Waals surface area contributed by atoms with Gasteiger partial charge in [0.2, 0.25) is 0 Å². The molecule has 1 saturated heterocycles. The molecular weight excluding hydrogens is 474 g/mol. The molecule has 1 heterocycles. The van der Waals surface area contributed by atoms with Crippen molar-refractivity contribution in [1.82, 2.24) is 4.90 Å². The van der Waals surface area contributed by atoms with Crippen LogP contribution in [0.2, 0.25) is 5.02 Å². The molecule has 1 fully saturated rings. The molecule has 168 valence electrons. The lowest BCUT2D eigenvalue weighted by Crippen LogP contribution is -2.27. The van der Waals surface area contributed by atoms with Crippen LogP contribution >= 0.6 is 35.6 Å². The fourth-order valence-electron chi connectivity index (χ4n) is 3.24. The number of thiocarbonyl (C=S) groups is 1. The van der Waals surface area contributed by atoms with Crippen molar-refractivity contribution in [2.75, 3.05) is 13.2 Å². The molecule has 0 bridgehead atoms. The molecule has 3 aromatic rings. The number of amides is 1. The molecule has 0 saturated carbocycles. The van der Waals surface area contributed by atoms with E-state index in [1.54, 1.807) is 11.0 Å². The second-order valence-electron chi connectivity index (χ2n) is 7.31. The Labute approximate surface area is 208 Å². The first-order valence-electron chi connectivity index (χ1n) is 10.5. The highest BCUT2D eigenvalue weighted by Crippen LogP contribution is 2.34. The first-order chi connectivity index (χ1) is 16.1. The topological polar surface area (TPSA) is 38.8 Å². The number of nitrogens with zero attached hydrogens (tertiary/aromatic N) is 1. The molecule has 0 N–H and O–H groups in total. The largest absolute Gasteiger partial charge is 0.493 e. The van der Waals surface area contributed by atoms with Gasteiger partial charge >= 0.3 is 0 Å². The van der Waals surface area contributed by atoms with Crippen LogP contribution < -0.4 is 9.47 Å². The summed E-state index contributed by atoms with van der Waals surface area (Å²) >= 11 is 12.9. The van der Waals surface area contributed by atoms with Crippen molar-refractivity contribution in [3.8, 4) is 11.5 Å². The van der Waals surface area contributed by atoms with E-state index in [4.69, 9.17) is 33.3 Å². The molecule has 0 aromatic heterocycles. The number of para-hydroxylation sites is 1. The standard InChI is InChI=1S/C26H22ClNO3S2/c27-22-12-4-5-13-23(22)31-15-7-14-30-21-11-6-10-20(16-21)17-24-25(29)28(26(32)33-24)18-19-8-2-1-3-9-19/h1-6,8-13,16-17H,7,14-15,18H2. The molecule has 1 aliphatic rings. The molecule has 0 spiro atoms. The van der Waals surface area contributed by atoms with Crippen LogP contribution in [-0.2, 0) is 11.3 Å². The third kappa shape index (κ3) is 6.38. The Kier molecular flexibility index (Phi) is 8.05. The Morgan fingerprint density at radius 3 is 2.52 bits per heavy atom. The highest BCUT2D eigenvalue weighted by atomic mass is 35.5. The maximum absolute atomic E-state index is 12.9. The molecule has 33 heavy (non-hydrogen) atoms. The number of hydrogen-bond donors (Lipinski definition) is 0. The van der Waals surface area contributed by atoms with Crippen LogP contribution in [0.25, 0.3) is 6.08 Å². The van der Waals surface area contributed by atoms with E-state index < -0.39 is 0 Å². The SMILES string of the molecule is O=C1C(=Cc2cccc(OCCCOc3ccccc3Cl)c2)SC(=S)N1Cc1ccccc1. The summed E-state index contributed by atoms with van der Waals surface area (Å²) in [7, 11) is 0. The second-order valence-corrected chi connectivity index (χ2v) is 9.39. The molecule has 0 atom stereocenters. The van der Waals surface area contributed by atoms with E-state index in [0.29, 0.717) is 46.2 Å². The second kappa shape index (κ2) is 11.4. The Hall–Kier alpha value is -2.80. The molecular formula is C26H22ClNO3S2. The van der Waals surface area contributed by atoms with Crippen LogP contribution in [0.4, 0.5) is 0 Å². The van der Waals surface area contributed by atoms with Gasteiger partial charge in [-0.25, -0.2) is 0 Å². The van der Waals surface area contributed by atoms with Crippen LogP contribution in [-0.4, -0.2) is 28.3 Å². The number of rotatable bonds is 9. The zero-order valence-electron chi connectivity index (χ0n) is 17.8. The number of thioether (sulfide) groups is 1. The molecule has 7 heteroatoms. The highest BCUT2D eigenvalue weighted by molar-refractivity contribution is 8.26. The van der Waals surface area contributed by atoms with Crippen molar-refractivity contribution in [1.29, 1.82) is 0 Å². The van der Waals surface area contributed by atoms with Gasteiger partial charge in [0.25, 0.3) is 5.91 Å². The zero-order valence-corrected chi connectivity index (χ0v) is 20.2. The summed E-state index contributed by atoms with van der Waals surface area (Å²) in [5.41, 5.74) is 1.93. The summed E-state index contributed by atoms with van der Waals surface area (Å²) in [5.74, 6) is 1.34. The molecule has 1 aliphatic heterocycles. The third-order valence-electron chi connectivity index (χ3n) is 4.86. The van der Waals surface area contributed by atoms with E-state index in [2.05, 4.69) is 0 Å². The van der Waals surface area contributed by atoms with Gasteiger partial charge in [-0.2, -0.15) is 0 Å². The van der Waals surface area contributed by atoms with Crippen LogP contribution in [0.3, 0.4) is 0 Å².